The van der Waals surface area contributed by atoms with Crippen LogP contribution in [0.1, 0.15) is 45.4 Å². The van der Waals surface area contributed by atoms with Crippen molar-refractivity contribution in [2.24, 2.45) is 5.41 Å². The van der Waals surface area contributed by atoms with Crippen molar-refractivity contribution in [3.63, 3.8) is 0 Å². The molecule has 1 saturated carbocycles. The van der Waals surface area contributed by atoms with Crippen LogP contribution >= 0.6 is 0 Å². The van der Waals surface area contributed by atoms with E-state index >= 15 is 0 Å². The molecule has 0 amide bonds. The maximum absolute atomic E-state index is 12.0. The Labute approximate surface area is 153 Å². The fourth-order valence-corrected chi connectivity index (χ4v) is 3.99. The first kappa shape index (κ1) is 18.5. The number of esters is 1. The highest BCUT2D eigenvalue weighted by molar-refractivity contribution is 5.77. The average molecular weight is 361 g/mol. The highest BCUT2D eigenvalue weighted by Crippen LogP contribution is 2.37. The summed E-state index contributed by atoms with van der Waals surface area (Å²) in [4.78, 5) is 25.2. The van der Waals surface area contributed by atoms with Crippen LogP contribution in [-0.4, -0.2) is 37.1 Å². The number of rotatable bonds is 5. The van der Waals surface area contributed by atoms with Crippen LogP contribution in [0.3, 0.4) is 0 Å². The number of nitrogens with one attached hydrogen (secondary N) is 1. The largest absolute Gasteiger partial charge is 0.469 e. The summed E-state index contributed by atoms with van der Waals surface area (Å²) in [7, 11) is 1.43. The molecule has 2 aliphatic rings. The number of anilines is 2. The van der Waals surface area contributed by atoms with Crippen LogP contribution in [0.5, 0.6) is 0 Å². The second-order valence-corrected chi connectivity index (χ2v) is 7.62. The van der Waals surface area contributed by atoms with E-state index < -0.39 is 5.41 Å². The van der Waals surface area contributed by atoms with Gasteiger partial charge in [0, 0.05) is 30.9 Å². The van der Waals surface area contributed by atoms with Gasteiger partial charge in [0.2, 0.25) is 0 Å². The van der Waals surface area contributed by atoms with Crippen molar-refractivity contribution in [3.8, 4) is 0 Å². The van der Waals surface area contributed by atoms with E-state index in [4.69, 9.17) is 4.74 Å². The molecule has 0 radical (unpaired) electrons. The average Bonchev–Trinajstić information content (AvgIpc) is 3.14. The molecule has 1 aromatic rings. The standard InChI is InChI=1S/C19H27N3O4/c1-19(18(23)26-2)9-11-21(12-10-19)15-7-8-17(22(24)25)16(13-15)20-14-5-3-4-6-14/h7-8,13-14,20H,3-6,9-12H2,1-2H3. The van der Waals surface area contributed by atoms with Crippen LogP contribution in [0.2, 0.25) is 0 Å². The SMILES string of the molecule is COC(=O)C1(C)CCN(c2ccc([N+](=O)[O-])c(NC3CCCC3)c2)CC1. The van der Waals surface area contributed by atoms with E-state index in [9.17, 15) is 14.9 Å². The molecule has 2 fully saturated rings. The summed E-state index contributed by atoms with van der Waals surface area (Å²) in [6, 6.07) is 5.59. The summed E-state index contributed by atoms with van der Waals surface area (Å²) in [5, 5.41) is 14.7. The van der Waals surface area contributed by atoms with Gasteiger partial charge in [-0.3, -0.25) is 14.9 Å². The lowest BCUT2D eigenvalue weighted by atomic mass is 9.80. The summed E-state index contributed by atoms with van der Waals surface area (Å²) in [5.41, 5.74) is 1.23. The number of carbonyl (C=O) groups is 1. The highest BCUT2D eigenvalue weighted by atomic mass is 16.6. The first-order chi connectivity index (χ1) is 12.4. The number of hydrogen-bond acceptors (Lipinski definition) is 6. The van der Waals surface area contributed by atoms with Crippen molar-refractivity contribution in [2.45, 2.75) is 51.5 Å². The molecule has 3 rings (SSSR count). The Morgan fingerprint density at radius 3 is 2.54 bits per heavy atom. The molecular weight excluding hydrogens is 334 g/mol. The van der Waals surface area contributed by atoms with E-state index in [0.29, 0.717) is 24.6 Å². The maximum atomic E-state index is 12.0. The molecule has 7 heteroatoms. The number of carbonyl (C=O) groups excluding carboxylic acids is 1. The van der Waals surface area contributed by atoms with Gasteiger partial charge in [-0.2, -0.15) is 0 Å². The fourth-order valence-electron chi connectivity index (χ4n) is 3.99. The zero-order valence-electron chi connectivity index (χ0n) is 15.5. The van der Waals surface area contributed by atoms with Crippen molar-refractivity contribution >= 4 is 23.0 Å². The summed E-state index contributed by atoms with van der Waals surface area (Å²) >= 11 is 0. The molecule has 1 N–H and O–H groups in total. The van der Waals surface area contributed by atoms with E-state index in [1.54, 1.807) is 12.1 Å². The number of ether oxygens (including phenoxy) is 1. The van der Waals surface area contributed by atoms with Crippen molar-refractivity contribution in [2.75, 3.05) is 30.4 Å². The summed E-state index contributed by atoms with van der Waals surface area (Å²) in [6.45, 7) is 3.40. The van der Waals surface area contributed by atoms with Gasteiger partial charge in [-0.15, -0.1) is 0 Å². The first-order valence-electron chi connectivity index (χ1n) is 9.31. The minimum atomic E-state index is -0.447. The number of methoxy groups -OCH3 is 1. The van der Waals surface area contributed by atoms with Gasteiger partial charge < -0.3 is 15.0 Å². The molecule has 0 bridgehead atoms. The van der Waals surface area contributed by atoms with Crippen LogP contribution in [-0.2, 0) is 9.53 Å². The van der Waals surface area contributed by atoms with E-state index in [2.05, 4.69) is 10.2 Å². The third-order valence-electron chi connectivity index (χ3n) is 5.80. The van der Waals surface area contributed by atoms with Crippen LogP contribution in [0, 0.1) is 15.5 Å². The molecule has 0 spiro atoms. The van der Waals surface area contributed by atoms with Crippen molar-refractivity contribution in [3.05, 3.63) is 28.3 Å². The van der Waals surface area contributed by atoms with E-state index in [-0.39, 0.29) is 16.6 Å². The predicted octanol–water partition coefficient (Wildman–Crippen LogP) is 3.73. The molecule has 0 aromatic heterocycles. The van der Waals surface area contributed by atoms with Gasteiger partial charge >= 0.3 is 5.97 Å². The van der Waals surface area contributed by atoms with Gasteiger partial charge in [0.15, 0.2) is 0 Å². The second-order valence-electron chi connectivity index (χ2n) is 7.62. The maximum Gasteiger partial charge on any atom is 0.311 e. The highest BCUT2D eigenvalue weighted by Gasteiger charge is 2.38. The molecule has 1 saturated heterocycles. The summed E-state index contributed by atoms with van der Waals surface area (Å²) in [6.07, 6.45) is 5.88. The molecule has 1 heterocycles. The predicted molar refractivity (Wildman–Crippen MR) is 101 cm³/mol. The van der Waals surface area contributed by atoms with Crippen molar-refractivity contribution in [1.82, 2.24) is 0 Å². The molecule has 142 valence electrons. The zero-order chi connectivity index (χ0) is 18.7. The summed E-state index contributed by atoms with van der Waals surface area (Å²) < 4.78 is 4.93. The smallest absolute Gasteiger partial charge is 0.311 e. The van der Waals surface area contributed by atoms with Crippen molar-refractivity contribution < 1.29 is 14.5 Å². The molecular formula is C19H27N3O4. The number of nitro groups is 1. The van der Waals surface area contributed by atoms with Gasteiger partial charge in [-0.25, -0.2) is 0 Å². The first-order valence-corrected chi connectivity index (χ1v) is 9.31. The molecule has 1 aliphatic heterocycles. The number of nitrogens with zero attached hydrogens (tertiary/aromatic N) is 2. The lowest BCUT2D eigenvalue weighted by Crippen LogP contribution is -2.43. The quantitative estimate of drug-likeness (QED) is 0.489. The molecule has 0 unspecified atom stereocenters. The van der Waals surface area contributed by atoms with Gasteiger partial charge in [0.1, 0.15) is 5.69 Å². The minimum Gasteiger partial charge on any atom is -0.469 e. The Morgan fingerprint density at radius 2 is 1.96 bits per heavy atom. The molecule has 0 atom stereocenters. The van der Waals surface area contributed by atoms with Gasteiger partial charge in [-0.05, 0) is 44.7 Å². The summed E-state index contributed by atoms with van der Waals surface area (Å²) in [5.74, 6) is -0.163. The number of piperidine rings is 1. The van der Waals surface area contributed by atoms with Crippen LogP contribution in [0.25, 0.3) is 0 Å². The monoisotopic (exact) mass is 361 g/mol. The second kappa shape index (κ2) is 7.51. The van der Waals surface area contributed by atoms with E-state index in [1.807, 2.05) is 13.0 Å². The fraction of sp³-hybridized carbons (Fsp3) is 0.632. The number of benzene rings is 1. The topological polar surface area (TPSA) is 84.7 Å². The number of nitro benzene ring substituents is 1. The molecule has 1 aromatic carbocycles. The molecule has 1 aliphatic carbocycles. The number of hydrogen-bond donors (Lipinski definition) is 1. The third kappa shape index (κ3) is 3.76. The molecule has 26 heavy (non-hydrogen) atoms. The minimum absolute atomic E-state index is 0.122. The van der Waals surface area contributed by atoms with E-state index in [1.165, 1.54) is 20.0 Å². The van der Waals surface area contributed by atoms with Crippen LogP contribution in [0.15, 0.2) is 18.2 Å². The Hall–Kier alpha value is -2.31. The van der Waals surface area contributed by atoms with Crippen LogP contribution < -0.4 is 10.2 Å². The third-order valence-corrected chi connectivity index (χ3v) is 5.80. The Kier molecular flexibility index (Phi) is 5.34. The van der Waals surface area contributed by atoms with Crippen molar-refractivity contribution in [1.29, 1.82) is 0 Å². The van der Waals surface area contributed by atoms with E-state index in [0.717, 1.165) is 31.6 Å². The lowest BCUT2D eigenvalue weighted by Gasteiger charge is -2.38. The van der Waals surface area contributed by atoms with Gasteiger partial charge in [0.05, 0.1) is 17.4 Å². The Bertz CT molecular complexity index is 677. The normalized spacial score (nSPS) is 20.0. The Balaban J connectivity index is 1.76. The van der Waals surface area contributed by atoms with Crippen LogP contribution in [0.4, 0.5) is 17.1 Å². The molecule has 7 nitrogen and oxygen atoms in total. The van der Waals surface area contributed by atoms with Gasteiger partial charge in [-0.1, -0.05) is 12.8 Å². The zero-order valence-corrected chi connectivity index (χ0v) is 15.5. The Morgan fingerprint density at radius 1 is 1.31 bits per heavy atom. The lowest BCUT2D eigenvalue weighted by molar-refractivity contribution is -0.384. The van der Waals surface area contributed by atoms with Gasteiger partial charge in [0.25, 0.3) is 5.69 Å².